The molecule has 0 spiro atoms. The molecule has 0 bridgehead atoms. The molecule has 0 radical (unpaired) electrons. The zero-order valence-electron chi connectivity index (χ0n) is 13.6. The number of hydrogen-bond donors (Lipinski definition) is 0. The summed E-state index contributed by atoms with van der Waals surface area (Å²) in [6.45, 7) is 2.67. The lowest BCUT2D eigenvalue weighted by Gasteiger charge is -2.38. The first-order chi connectivity index (χ1) is 11.6. The van der Waals surface area contributed by atoms with Gasteiger partial charge >= 0.3 is 0 Å². The molecule has 1 aliphatic heterocycles. The molecule has 1 saturated heterocycles. The molecule has 1 aromatic heterocycles. The van der Waals surface area contributed by atoms with E-state index in [9.17, 15) is 9.59 Å². The predicted octanol–water partition coefficient (Wildman–Crippen LogP) is 1.91. The molecule has 2 amide bonds. The zero-order chi connectivity index (χ0) is 17.1. The summed E-state index contributed by atoms with van der Waals surface area (Å²) in [6.07, 6.45) is 0. The minimum Gasteiger partial charge on any atom is -0.497 e. The first-order valence-corrected chi connectivity index (χ1v) is 8.61. The van der Waals surface area contributed by atoms with Crippen LogP contribution in [-0.2, 0) is 22.7 Å². The van der Waals surface area contributed by atoms with E-state index < -0.39 is 6.04 Å². The number of nitrogens with zero attached hydrogens (tertiary/aromatic N) is 3. The van der Waals surface area contributed by atoms with Gasteiger partial charge in [0, 0.05) is 11.9 Å². The first-order valence-electron chi connectivity index (χ1n) is 7.66. The molecule has 2 aromatic rings. The Labute approximate surface area is 144 Å². The minimum atomic E-state index is -0.480. The van der Waals surface area contributed by atoms with Gasteiger partial charge in [0.25, 0.3) is 0 Å². The molecule has 6 nitrogen and oxygen atoms in total. The number of piperazine rings is 1. The third-order valence-electron chi connectivity index (χ3n) is 4.13. The Morgan fingerprint density at radius 1 is 1.25 bits per heavy atom. The van der Waals surface area contributed by atoms with Crippen molar-refractivity contribution in [1.29, 1.82) is 0 Å². The van der Waals surface area contributed by atoms with Crippen molar-refractivity contribution in [2.45, 2.75) is 26.1 Å². The lowest BCUT2D eigenvalue weighted by Crippen LogP contribution is -2.58. The third kappa shape index (κ3) is 3.41. The second kappa shape index (κ2) is 7.00. The van der Waals surface area contributed by atoms with Crippen molar-refractivity contribution in [3.05, 3.63) is 46.4 Å². The summed E-state index contributed by atoms with van der Waals surface area (Å²) in [5.74, 6) is 0.673. The Balaban J connectivity index is 1.69. The molecule has 0 saturated carbocycles. The summed E-state index contributed by atoms with van der Waals surface area (Å²) in [7, 11) is 1.61. The lowest BCUT2D eigenvalue weighted by molar-refractivity contribution is -0.156. The standard InChI is InChI=1S/C17H19N3O3S/c1-12-17(22)19(7-13-3-5-15(23-2)6-4-13)9-16(21)20(12)8-14-10-24-11-18-14/h3-6,10-12H,7-9H2,1-2H3/t12-/m0/s1. The molecule has 0 aliphatic carbocycles. The van der Waals surface area contributed by atoms with Gasteiger partial charge in [0.15, 0.2) is 0 Å². The Hall–Kier alpha value is -2.41. The molecule has 2 heterocycles. The van der Waals surface area contributed by atoms with Crippen LogP contribution in [0.4, 0.5) is 0 Å². The Morgan fingerprint density at radius 3 is 2.62 bits per heavy atom. The van der Waals surface area contributed by atoms with Gasteiger partial charge in [-0.05, 0) is 24.6 Å². The Kier molecular flexibility index (Phi) is 4.80. The molecular weight excluding hydrogens is 326 g/mol. The number of ether oxygens (including phenoxy) is 1. The molecule has 7 heteroatoms. The first kappa shape index (κ1) is 16.4. The van der Waals surface area contributed by atoms with Gasteiger partial charge in [0.2, 0.25) is 11.8 Å². The fourth-order valence-corrected chi connectivity index (χ4v) is 3.30. The van der Waals surface area contributed by atoms with Gasteiger partial charge in [-0.15, -0.1) is 11.3 Å². The van der Waals surface area contributed by atoms with Crippen LogP contribution < -0.4 is 4.74 Å². The van der Waals surface area contributed by atoms with Crippen LogP contribution in [-0.4, -0.2) is 46.3 Å². The topological polar surface area (TPSA) is 62.7 Å². The number of thiazole rings is 1. The van der Waals surface area contributed by atoms with Crippen molar-refractivity contribution in [2.75, 3.05) is 13.7 Å². The van der Waals surface area contributed by atoms with E-state index in [4.69, 9.17) is 4.74 Å². The van der Waals surface area contributed by atoms with Crippen LogP contribution in [0, 0.1) is 0 Å². The summed E-state index contributed by atoms with van der Waals surface area (Å²) in [5, 5.41) is 1.90. The van der Waals surface area contributed by atoms with E-state index in [1.807, 2.05) is 29.6 Å². The summed E-state index contributed by atoms with van der Waals surface area (Å²) in [6, 6.07) is 7.03. The predicted molar refractivity (Wildman–Crippen MR) is 90.5 cm³/mol. The monoisotopic (exact) mass is 345 g/mol. The van der Waals surface area contributed by atoms with Crippen LogP contribution >= 0.6 is 11.3 Å². The highest BCUT2D eigenvalue weighted by Crippen LogP contribution is 2.19. The van der Waals surface area contributed by atoms with E-state index >= 15 is 0 Å². The maximum Gasteiger partial charge on any atom is 0.245 e. The van der Waals surface area contributed by atoms with E-state index in [1.165, 1.54) is 11.3 Å². The van der Waals surface area contributed by atoms with Crippen LogP contribution in [0.25, 0.3) is 0 Å². The quantitative estimate of drug-likeness (QED) is 0.830. The van der Waals surface area contributed by atoms with Crippen LogP contribution in [0.3, 0.4) is 0 Å². The van der Waals surface area contributed by atoms with Crippen molar-refractivity contribution in [2.24, 2.45) is 0 Å². The van der Waals surface area contributed by atoms with Gasteiger partial charge in [-0.25, -0.2) is 4.98 Å². The van der Waals surface area contributed by atoms with Crippen molar-refractivity contribution < 1.29 is 14.3 Å². The molecule has 1 aromatic carbocycles. The summed E-state index contributed by atoms with van der Waals surface area (Å²) >= 11 is 1.48. The van der Waals surface area contributed by atoms with Crippen molar-refractivity contribution in [1.82, 2.24) is 14.8 Å². The van der Waals surface area contributed by atoms with Crippen molar-refractivity contribution in [3.8, 4) is 5.75 Å². The number of carbonyl (C=O) groups is 2. The van der Waals surface area contributed by atoms with E-state index in [1.54, 1.807) is 29.3 Å². The molecule has 24 heavy (non-hydrogen) atoms. The van der Waals surface area contributed by atoms with Gasteiger partial charge in [-0.1, -0.05) is 12.1 Å². The number of rotatable bonds is 5. The number of carbonyl (C=O) groups excluding carboxylic acids is 2. The lowest BCUT2D eigenvalue weighted by atomic mass is 10.1. The molecule has 0 N–H and O–H groups in total. The second-order valence-corrected chi connectivity index (χ2v) is 6.44. The van der Waals surface area contributed by atoms with Crippen LogP contribution in [0.1, 0.15) is 18.2 Å². The van der Waals surface area contributed by atoms with Crippen molar-refractivity contribution >= 4 is 23.2 Å². The molecule has 1 atom stereocenters. The Bertz CT molecular complexity index is 715. The SMILES string of the molecule is COc1ccc(CN2CC(=O)N(Cc3cscn3)[C@@H](C)C2=O)cc1. The maximum absolute atomic E-state index is 12.6. The van der Waals surface area contributed by atoms with Crippen LogP contribution in [0.2, 0.25) is 0 Å². The molecule has 1 fully saturated rings. The number of aromatic nitrogens is 1. The average molecular weight is 345 g/mol. The van der Waals surface area contributed by atoms with E-state index in [2.05, 4.69) is 4.98 Å². The zero-order valence-corrected chi connectivity index (χ0v) is 14.5. The van der Waals surface area contributed by atoms with Gasteiger partial charge < -0.3 is 14.5 Å². The molecular formula is C17H19N3O3S. The fraction of sp³-hybridized carbons (Fsp3) is 0.353. The fourth-order valence-electron chi connectivity index (χ4n) is 2.75. The summed E-state index contributed by atoms with van der Waals surface area (Å²) in [4.78, 5) is 32.5. The van der Waals surface area contributed by atoms with Gasteiger partial charge in [0.1, 0.15) is 18.3 Å². The van der Waals surface area contributed by atoms with Crippen LogP contribution in [0.15, 0.2) is 35.2 Å². The minimum absolute atomic E-state index is 0.0411. The maximum atomic E-state index is 12.6. The second-order valence-electron chi connectivity index (χ2n) is 5.72. The van der Waals surface area contributed by atoms with E-state index in [-0.39, 0.29) is 18.4 Å². The van der Waals surface area contributed by atoms with Gasteiger partial charge in [0.05, 0.1) is 24.9 Å². The highest BCUT2D eigenvalue weighted by atomic mass is 32.1. The van der Waals surface area contributed by atoms with Crippen molar-refractivity contribution in [3.63, 3.8) is 0 Å². The van der Waals surface area contributed by atoms with E-state index in [0.29, 0.717) is 13.1 Å². The number of methoxy groups -OCH3 is 1. The largest absolute Gasteiger partial charge is 0.497 e. The van der Waals surface area contributed by atoms with Gasteiger partial charge in [-0.2, -0.15) is 0 Å². The molecule has 1 aliphatic rings. The molecule has 126 valence electrons. The third-order valence-corrected chi connectivity index (χ3v) is 4.77. The van der Waals surface area contributed by atoms with Gasteiger partial charge in [-0.3, -0.25) is 9.59 Å². The highest BCUT2D eigenvalue weighted by Gasteiger charge is 2.36. The normalized spacial score (nSPS) is 18.2. The number of hydrogen-bond acceptors (Lipinski definition) is 5. The average Bonchev–Trinajstić information content (AvgIpc) is 3.10. The summed E-state index contributed by atoms with van der Waals surface area (Å²) in [5.41, 5.74) is 3.51. The summed E-state index contributed by atoms with van der Waals surface area (Å²) < 4.78 is 5.13. The van der Waals surface area contributed by atoms with E-state index in [0.717, 1.165) is 17.0 Å². The number of amides is 2. The smallest absolute Gasteiger partial charge is 0.245 e. The Morgan fingerprint density at radius 2 is 2.00 bits per heavy atom. The number of benzene rings is 1. The molecule has 0 unspecified atom stereocenters. The molecule has 3 rings (SSSR count). The highest BCUT2D eigenvalue weighted by molar-refractivity contribution is 7.07. The van der Waals surface area contributed by atoms with Crippen LogP contribution in [0.5, 0.6) is 5.75 Å².